The first-order valence-corrected chi connectivity index (χ1v) is 8.63. The first-order valence-electron chi connectivity index (χ1n) is 7.65. The average molecular weight is 370 g/mol. The number of fused-ring (bicyclic) bond motifs is 1. The fourth-order valence-electron chi connectivity index (χ4n) is 2.27. The van der Waals surface area contributed by atoms with E-state index in [0.29, 0.717) is 28.3 Å². The second-order valence-corrected chi connectivity index (χ2v) is 6.29. The molecular weight excluding hydrogens is 356 g/mol. The molecule has 0 spiro atoms. The summed E-state index contributed by atoms with van der Waals surface area (Å²) in [6, 6.07) is 7.55. The molecule has 0 aliphatic rings. The second kappa shape index (κ2) is 6.64. The molecule has 3 aromatic heterocycles. The summed E-state index contributed by atoms with van der Waals surface area (Å²) in [7, 11) is 1.63. The molecule has 0 unspecified atom stereocenters. The molecule has 1 N–H and O–H groups in total. The smallest absolute Gasteiger partial charge is 0.275 e. The van der Waals surface area contributed by atoms with Crippen molar-refractivity contribution < 1.29 is 14.3 Å². The van der Waals surface area contributed by atoms with Crippen LogP contribution in [0.25, 0.3) is 17.1 Å². The predicted molar refractivity (Wildman–Crippen MR) is 93.0 cm³/mol. The van der Waals surface area contributed by atoms with E-state index in [1.54, 1.807) is 20.2 Å². The van der Waals surface area contributed by atoms with E-state index in [9.17, 15) is 5.11 Å². The lowest BCUT2D eigenvalue weighted by Crippen LogP contribution is -1.99. The Morgan fingerprint density at radius 3 is 2.81 bits per heavy atom. The fraction of sp³-hybridized carbons (Fsp3) is 0.188. The Labute approximate surface area is 152 Å². The van der Waals surface area contributed by atoms with E-state index < -0.39 is 0 Å². The van der Waals surface area contributed by atoms with E-state index in [0.717, 1.165) is 11.3 Å². The van der Waals surface area contributed by atoms with Crippen LogP contribution in [0, 0.1) is 6.92 Å². The molecule has 0 fully saturated rings. The summed E-state index contributed by atoms with van der Waals surface area (Å²) in [5.74, 6) is 2.56. The number of benzene rings is 1. The van der Waals surface area contributed by atoms with Crippen LogP contribution in [0.5, 0.6) is 11.6 Å². The van der Waals surface area contributed by atoms with Gasteiger partial charge in [-0.15, -0.1) is 10.2 Å². The summed E-state index contributed by atoms with van der Waals surface area (Å²) in [4.78, 5) is 8.22. The van der Waals surface area contributed by atoms with Crippen molar-refractivity contribution in [3.05, 3.63) is 42.0 Å². The third-order valence-electron chi connectivity index (χ3n) is 3.63. The number of methoxy groups -OCH3 is 1. The molecule has 132 valence electrons. The maximum absolute atomic E-state index is 9.58. The number of oxazole rings is 1. The summed E-state index contributed by atoms with van der Waals surface area (Å²) >= 11 is 1.37. The number of hydrogen-bond acceptors (Lipinski definition) is 9. The largest absolute Gasteiger partial charge is 0.497 e. The topological polar surface area (TPSA) is 111 Å². The van der Waals surface area contributed by atoms with Crippen molar-refractivity contribution >= 4 is 17.5 Å². The van der Waals surface area contributed by atoms with Crippen LogP contribution in [-0.4, -0.2) is 42.0 Å². The van der Waals surface area contributed by atoms with Gasteiger partial charge in [0, 0.05) is 5.56 Å². The van der Waals surface area contributed by atoms with Crippen LogP contribution in [0.2, 0.25) is 0 Å². The maximum atomic E-state index is 9.58. The molecule has 26 heavy (non-hydrogen) atoms. The zero-order chi connectivity index (χ0) is 18.1. The maximum Gasteiger partial charge on any atom is 0.275 e. The van der Waals surface area contributed by atoms with Gasteiger partial charge < -0.3 is 14.3 Å². The van der Waals surface area contributed by atoms with Gasteiger partial charge in [0.05, 0.1) is 19.1 Å². The molecular formula is C16H14N6O3S. The number of aryl methyl sites for hydroxylation is 1. The quantitative estimate of drug-likeness (QED) is 0.529. The average Bonchev–Trinajstić information content (AvgIpc) is 3.28. The monoisotopic (exact) mass is 370 g/mol. The summed E-state index contributed by atoms with van der Waals surface area (Å²) in [6.07, 6.45) is 1.68. The van der Waals surface area contributed by atoms with Gasteiger partial charge in [-0.05, 0) is 31.2 Å². The molecule has 0 atom stereocenters. The summed E-state index contributed by atoms with van der Waals surface area (Å²) in [5.41, 5.74) is 1.32. The fourth-order valence-corrected chi connectivity index (χ4v) is 3.00. The lowest BCUT2D eigenvalue weighted by Gasteiger charge is -2.00. The van der Waals surface area contributed by atoms with Crippen molar-refractivity contribution in [3.8, 4) is 23.0 Å². The normalized spacial score (nSPS) is 11.2. The van der Waals surface area contributed by atoms with Gasteiger partial charge in [-0.3, -0.25) is 0 Å². The van der Waals surface area contributed by atoms with Crippen molar-refractivity contribution in [2.24, 2.45) is 0 Å². The Morgan fingerprint density at radius 1 is 1.23 bits per heavy atom. The molecule has 4 aromatic rings. The zero-order valence-electron chi connectivity index (χ0n) is 13.9. The van der Waals surface area contributed by atoms with Crippen molar-refractivity contribution in [1.82, 2.24) is 29.8 Å². The van der Waals surface area contributed by atoms with Gasteiger partial charge in [0.15, 0.2) is 5.76 Å². The van der Waals surface area contributed by atoms with Crippen LogP contribution < -0.4 is 4.74 Å². The van der Waals surface area contributed by atoms with E-state index in [1.165, 1.54) is 16.3 Å². The Bertz CT molecular complexity index is 1060. The highest BCUT2D eigenvalue weighted by Gasteiger charge is 2.14. The molecule has 0 aliphatic heterocycles. The van der Waals surface area contributed by atoms with Crippen LogP contribution in [0.15, 0.2) is 40.0 Å². The minimum Gasteiger partial charge on any atom is -0.497 e. The van der Waals surface area contributed by atoms with Gasteiger partial charge in [0.25, 0.3) is 5.78 Å². The molecule has 0 bridgehead atoms. The first-order chi connectivity index (χ1) is 12.6. The Kier molecular flexibility index (Phi) is 4.17. The van der Waals surface area contributed by atoms with E-state index in [2.05, 4.69) is 25.3 Å². The molecule has 10 heteroatoms. The van der Waals surface area contributed by atoms with Gasteiger partial charge in [0.2, 0.25) is 16.9 Å². The predicted octanol–water partition coefficient (Wildman–Crippen LogP) is 2.49. The van der Waals surface area contributed by atoms with Gasteiger partial charge in [-0.25, -0.2) is 4.98 Å². The zero-order valence-corrected chi connectivity index (χ0v) is 14.8. The van der Waals surface area contributed by atoms with Gasteiger partial charge in [-0.1, -0.05) is 11.8 Å². The number of thioether (sulfide) groups is 1. The van der Waals surface area contributed by atoms with E-state index in [-0.39, 0.29) is 11.7 Å². The minimum absolute atomic E-state index is 0.154. The molecule has 0 saturated carbocycles. The number of hydrogen-bond donors (Lipinski definition) is 1. The van der Waals surface area contributed by atoms with Gasteiger partial charge >= 0.3 is 0 Å². The number of aromatic nitrogens is 6. The molecule has 3 heterocycles. The summed E-state index contributed by atoms with van der Waals surface area (Å²) < 4.78 is 12.4. The number of ether oxygens (including phenoxy) is 1. The molecule has 4 rings (SSSR count). The second-order valence-electron chi connectivity index (χ2n) is 5.35. The molecule has 0 radical (unpaired) electrons. The summed E-state index contributed by atoms with van der Waals surface area (Å²) in [5, 5.41) is 22.3. The highest BCUT2D eigenvalue weighted by Crippen LogP contribution is 2.26. The van der Waals surface area contributed by atoms with Crippen LogP contribution in [0.4, 0.5) is 0 Å². The SMILES string of the molecule is COc1ccc(-c2cnc(CSc3nnc4nc(O)c(C)nn34)o2)cc1. The van der Waals surface area contributed by atoms with Crippen LogP contribution in [0.3, 0.4) is 0 Å². The highest BCUT2D eigenvalue weighted by atomic mass is 32.2. The lowest BCUT2D eigenvalue weighted by molar-refractivity contribution is 0.415. The Balaban J connectivity index is 1.50. The van der Waals surface area contributed by atoms with E-state index in [1.807, 2.05) is 24.3 Å². The number of rotatable bonds is 5. The van der Waals surface area contributed by atoms with Crippen molar-refractivity contribution in [2.45, 2.75) is 17.8 Å². The Hall–Kier alpha value is -3.14. The van der Waals surface area contributed by atoms with E-state index >= 15 is 0 Å². The molecule has 0 saturated heterocycles. The van der Waals surface area contributed by atoms with Gasteiger partial charge in [0.1, 0.15) is 11.4 Å². The van der Waals surface area contributed by atoms with Crippen molar-refractivity contribution in [2.75, 3.05) is 7.11 Å². The third kappa shape index (κ3) is 3.06. The van der Waals surface area contributed by atoms with E-state index in [4.69, 9.17) is 9.15 Å². The standard InChI is InChI=1S/C16H14N6O3S/c1-9-14(23)18-15-19-20-16(22(15)21-9)26-8-13-17-7-12(25-13)10-3-5-11(24-2)6-4-10/h3-7H,8H2,1-2H3,(H,18,19,23). The number of aromatic hydroxyl groups is 1. The number of nitrogens with zero attached hydrogens (tertiary/aromatic N) is 6. The lowest BCUT2D eigenvalue weighted by atomic mass is 10.2. The van der Waals surface area contributed by atoms with Crippen molar-refractivity contribution in [3.63, 3.8) is 0 Å². The minimum atomic E-state index is -0.154. The van der Waals surface area contributed by atoms with Crippen LogP contribution >= 0.6 is 11.8 Å². The Morgan fingerprint density at radius 2 is 2.04 bits per heavy atom. The third-order valence-corrected chi connectivity index (χ3v) is 4.53. The molecule has 0 amide bonds. The molecule has 0 aliphatic carbocycles. The summed E-state index contributed by atoms with van der Waals surface area (Å²) in [6.45, 7) is 1.66. The van der Waals surface area contributed by atoms with Crippen LogP contribution in [0.1, 0.15) is 11.6 Å². The molecule has 9 nitrogen and oxygen atoms in total. The highest BCUT2D eigenvalue weighted by molar-refractivity contribution is 7.98. The first kappa shape index (κ1) is 16.3. The van der Waals surface area contributed by atoms with Crippen LogP contribution in [-0.2, 0) is 5.75 Å². The van der Waals surface area contributed by atoms with Gasteiger partial charge in [-0.2, -0.15) is 14.6 Å². The molecule has 1 aromatic carbocycles. The van der Waals surface area contributed by atoms with Crippen molar-refractivity contribution in [1.29, 1.82) is 0 Å².